The number of ether oxygens (including phenoxy) is 1. The zero-order chi connectivity index (χ0) is 18.1. The van der Waals surface area contributed by atoms with Crippen LogP contribution in [0.3, 0.4) is 0 Å². The molecule has 0 N–H and O–H groups in total. The zero-order valence-electron chi connectivity index (χ0n) is 15.2. The first-order valence-corrected chi connectivity index (χ1v) is 9.59. The number of piperazine rings is 1. The molecule has 1 aliphatic heterocycles. The standard InChI is InChI=1S/C18H22N6OS/c1-12(2)25-17-15-10-14(4-5-16(15)19-11-20-17)23-6-8-24(9-7-23)18-21-13(3)22-26-18/h4-5,10-12H,6-9H2,1-3H3. The number of hydrogen-bond donors (Lipinski definition) is 0. The van der Waals surface area contributed by atoms with E-state index in [1.54, 1.807) is 6.33 Å². The van der Waals surface area contributed by atoms with Crippen LogP contribution in [0.1, 0.15) is 19.7 Å². The average molecular weight is 370 g/mol. The Labute approximate surface area is 156 Å². The second-order valence-electron chi connectivity index (χ2n) is 6.65. The first-order chi connectivity index (χ1) is 12.6. The molecule has 1 aromatic carbocycles. The predicted molar refractivity (Wildman–Crippen MR) is 104 cm³/mol. The number of rotatable bonds is 4. The highest BCUT2D eigenvalue weighted by Crippen LogP contribution is 2.28. The second-order valence-corrected chi connectivity index (χ2v) is 7.38. The van der Waals surface area contributed by atoms with Crippen LogP contribution in [0.25, 0.3) is 10.9 Å². The zero-order valence-corrected chi connectivity index (χ0v) is 16.0. The Hall–Kier alpha value is -2.48. The van der Waals surface area contributed by atoms with E-state index in [1.165, 1.54) is 17.2 Å². The van der Waals surface area contributed by atoms with Crippen LogP contribution >= 0.6 is 11.5 Å². The average Bonchev–Trinajstić information content (AvgIpc) is 3.08. The normalized spacial score (nSPS) is 15.1. The maximum absolute atomic E-state index is 5.86. The van der Waals surface area contributed by atoms with Crippen molar-refractivity contribution in [1.29, 1.82) is 0 Å². The molecule has 3 heterocycles. The summed E-state index contributed by atoms with van der Waals surface area (Å²) in [4.78, 5) is 17.9. The molecule has 1 aliphatic rings. The van der Waals surface area contributed by atoms with Crippen LogP contribution < -0.4 is 14.5 Å². The number of nitrogens with zero attached hydrogens (tertiary/aromatic N) is 6. The van der Waals surface area contributed by atoms with Crippen LogP contribution in [-0.2, 0) is 0 Å². The highest BCUT2D eigenvalue weighted by molar-refractivity contribution is 7.09. The third kappa shape index (κ3) is 3.41. The van der Waals surface area contributed by atoms with Gasteiger partial charge in [-0.15, -0.1) is 0 Å². The van der Waals surface area contributed by atoms with E-state index in [-0.39, 0.29) is 6.10 Å². The fourth-order valence-electron chi connectivity index (χ4n) is 3.11. The van der Waals surface area contributed by atoms with Gasteiger partial charge in [-0.25, -0.2) is 15.0 Å². The molecule has 0 atom stereocenters. The van der Waals surface area contributed by atoms with Gasteiger partial charge < -0.3 is 14.5 Å². The van der Waals surface area contributed by atoms with Crippen LogP contribution in [-0.4, -0.2) is 51.6 Å². The maximum atomic E-state index is 5.86. The number of anilines is 2. The van der Waals surface area contributed by atoms with E-state index >= 15 is 0 Å². The Balaban J connectivity index is 1.54. The Kier molecular flexibility index (Phi) is 4.58. The van der Waals surface area contributed by atoms with E-state index in [0.29, 0.717) is 5.88 Å². The van der Waals surface area contributed by atoms with Gasteiger partial charge in [0.15, 0.2) is 0 Å². The van der Waals surface area contributed by atoms with Crippen LogP contribution in [0, 0.1) is 6.92 Å². The second kappa shape index (κ2) is 7.03. The summed E-state index contributed by atoms with van der Waals surface area (Å²) >= 11 is 1.48. The van der Waals surface area contributed by atoms with Gasteiger partial charge in [0.05, 0.1) is 17.0 Å². The summed E-state index contributed by atoms with van der Waals surface area (Å²) in [7, 11) is 0. The van der Waals surface area contributed by atoms with E-state index < -0.39 is 0 Å². The van der Waals surface area contributed by atoms with Crippen molar-refractivity contribution in [3.05, 3.63) is 30.4 Å². The molecule has 2 aromatic heterocycles. The summed E-state index contributed by atoms with van der Waals surface area (Å²) in [6.45, 7) is 9.71. The number of fused-ring (bicyclic) bond motifs is 1. The molecule has 1 fully saturated rings. The van der Waals surface area contributed by atoms with Crippen LogP contribution in [0.15, 0.2) is 24.5 Å². The lowest BCUT2D eigenvalue weighted by Gasteiger charge is -2.35. The minimum Gasteiger partial charge on any atom is -0.474 e. The summed E-state index contributed by atoms with van der Waals surface area (Å²) in [5.74, 6) is 1.49. The molecule has 1 saturated heterocycles. The SMILES string of the molecule is Cc1nsc(N2CCN(c3ccc4ncnc(OC(C)C)c4c3)CC2)n1. The van der Waals surface area contributed by atoms with Crippen molar-refractivity contribution in [2.24, 2.45) is 0 Å². The third-order valence-corrected chi connectivity index (χ3v) is 5.23. The summed E-state index contributed by atoms with van der Waals surface area (Å²) < 4.78 is 10.1. The van der Waals surface area contributed by atoms with Crippen molar-refractivity contribution >= 4 is 33.3 Å². The van der Waals surface area contributed by atoms with Crippen molar-refractivity contribution in [1.82, 2.24) is 19.3 Å². The Bertz CT molecular complexity index is 904. The lowest BCUT2D eigenvalue weighted by molar-refractivity contribution is 0.235. The molecule has 3 aromatic rings. The number of benzene rings is 1. The van der Waals surface area contributed by atoms with E-state index in [4.69, 9.17) is 4.74 Å². The lowest BCUT2D eigenvalue weighted by atomic mass is 10.2. The summed E-state index contributed by atoms with van der Waals surface area (Å²) in [6, 6.07) is 6.30. The van der Waals surface area contributed by atoms with Gasteiger partial charge in [0.1, 0.15) is 12.2 Å². The number of aryl methyl sites for hydroxylation is 1. The molecule has 0 amide bonds. The molecule has 0 spiro atoms. The molecule has 4 rings (SSSR count). The van der Waals surface area contributed by atoms with Gasteiger partial charge in [-0.2, -0.15) is 4.37 Å². The van der Waals surface area contributed by atoms with E-state index in [1.807, 2.05) is 26.8 Å². The lowest BCUT2D eigenvalue weighted by Crippen LogP contribution is -2.46. The van der Waals surface area contributed by atoms with Crippen molar-refractivity contribution in [2.45, 2.75) is 26.9 Å². The van der Waals surface area contributed by atoms with Gasteiger partial charge in [0, 0.05) is 43.4 Å². The molecular formula is C18H22N6OS. The molecule has 0 radical (unpaired) electrons. The first kappa shape index (κ1) is 17.0. The van der Waals surface area contributed by atoms with Gasteiger partial charge in [0.2, 0.25) is 11.0 Å². The minimum absolute atomic E-state index is 0.0793. The molecule has 0 bridgehead atoms. The van der Waals surface area contributed by atoms with Crippen LogP contribution in [0.2, 0.25) is 0 Å². The molecule has 0 saturated carbocycles. The Morgan fingerprint density at radius 3 is 2.54 bits per heavy atom. The van der Waals surface area contributed by atoms with Crippen molar-refractivity contribution < 1.29 is 4.74 Å². The molecule has 26 heavy (non-hydrogen) atoms. The fourth-order valence-corrected chi connectivity index (χ4v) is 3.83. The largest absolute Gasteiger partial charge is 0.474 e. The van der Waals surface area contributed by atoms with Crippen molar-refractivity contribution in [3.8, 4) is 5.88 Å². The van der Waals surface area contributed by atoms with E-state index in [2.05, 4.69) is 41.3 Å². The van der Waals surface area contributed by atoms with Crippen molar-refractivity contribution in [3.63, 3.8) is 0 Å². The van der Waals surface area contributed by atoms with Crippen LogP contribution in [0.4, 0.5) is 10.8 Å². The highest BCUT2D eigenvalue weighted by atomic mass is 32.1. The van der Waals surface area contributed by atoms with Crippen molar-refractivity contribution in [2.75, 3.05) is 36.0 Å². The molecule has 0 aliphatic carbocycles. The first-order valence-electron chi connectivity index (χ1n) is 8.82. The molecular weight excluding hydrogens is 348 g/mol. The summed E-state index contributed by atoms with van der Waals surface area (Å²) in [6.07, 6.45) is 1.64. The smallest absolute Gasteiger partial charge is 0.224 e. The molecule has 7 nitrogen and oxygen atoms in total. The highest BCUT2D eigenvalue weighted by Gasteiger charge is 2.20. The van der Waals surface area contributed by atoms with Gasteiger partial charge >= 0.3 is 0 Å². The van der Waals surface area contributed by atoms with E-state index in [0.717, 1.165) is 48.0 Å². The topological polar surface area (TPSA) is 67.3 Å². The minimum atomic E-state index is 0.0793. The van der Waals surface area contributed by atoms with Gasteiger partial charge in [0.25, 0.3) is 0 Å². The summed E-state index contributed by atoms with van der Waals surface area (Å²) in [5.41, 5.74) is 2.08. The van der Waals surface area contributed by atoms with Gasteiger partial charge in [-0.1, -0.05) is 0 Å². The maximum Gasteiger partial charge on any atom is 0.224 e. The summed E-state index contributed by atoms with van der Waals surface area (Å²) in [5, 5.41) is 1.97. The molecule has 8 heteroatoms. The van der Waals surface area contributed by atoms with E-state index in [9.17, 15) is 0 Å². The predicted octanol–water partition coefficient (Wildman–Crippen LogP) is 2.90. The van der Waals surface area contributed by atoms with Gasteiger partial charge in [-0.3, -0.25) is 0 Å². The Morgan fingerprint density at radius 1 is 1.08 bits per heavy atom. The fraction of sp³-hybridized carbons (Fsp3) is 0.444. The quantitative estimate of drug-likeness (QED) is 0.699. The monoisotopic (exact) mass is 370 g/mol. The Morgan fingerprint density at radius 2 is 1.85 bits per heavy atom. The third-order valence-electron chi connectivity index (χ3n) is 4.36. The van der Waals surface area contributed by atoms with Crippen LogP contribution in [0.5, 0.6) is 5.88 Å². The van der Waals surface area contributed by atoms with Gasteiger partial charge in [-0.05, 0) is 39.0 Å². The number of aromatic nitrogens is 4. The molecule has 0 unspecified atom stereocenters. The molecule has 136 valence electrons. The number of hydrogen-bond acceptors (Lipinski definition) is 8.